The van der Waals surface area contributed by atoms with Crippen molar-refractivity contribution in [2.75, 3.05) is 0 Å². The SMILES string of the molecule is [Cl-].[Cl-].[Hf+4].c1ccc([N-]c2ccccc2)cc1.c1ccc([N-]c2ccccc2)cc1. The zero-order valence-corrected chi connectivity index (χ0v) is 20.8. The van der Waals surface area contributed by atoms with Crippen molar-refractivity contribution >= 4 is 22.7 Å². The molecule has 0 radical (unpaired) electrons. The van der Waals surface area contributed by atoms with Crippen LogP contribution in [0, 0.1) is 0 Å². The van der Waals surface area contributed by atoms with E-state index in [0.717, 1.165) is 22.7 Å². The Morgan fingerprint density at radius 3 is 0.655 bits per heavy atom. The molecule has 0 bridgehead atoms. The Balaban J connectivity index is 0.000000490. The maximum Gasteiger partial charge on any atom is 4.00 e. The average molecular weight is 586 g/mol. The van der Waals surface area contributed by atoms with E-state index in [1.165, 1.54) is 0 Å². The van der Waals surface area contributed by atoms with Crippen molar-refractivity contribution in [2.24, 2.45) is 0 Å². The summed E-state index contributed by atoms with van der Waals surface area (Å²) in [6.07, 6.45) is 0. The zero-order valence-electron chi connectivity index (χ0n) is 15.7. The molecule has 0 atom stereocenters. The van der Waals surface area contributed by atoms with Crippen LogP contribution in [0.25, 0.3) is 10.6 Å². The topological polar surface area (TPSA) is 28.2 Å². The van der Waals surface area contributed by atoms with Crippen molar-refractivity contribution in [1.82, 2.24) is 0 Å². The van der Waals surface area contributed by atoms with Gasteiger partial charge in [0, 0.05) is 0 Å². The Labute approximate surface area is 204 Å². The number of hydrogen-bond acceptors (Lipinski definition) is 0. The van der Waals surface area contributed by atoms with Crippen molar-refractivity contribution < 1.29 is 50.7 Å². The Morgan fingerprint density at radius 1 is 0.310 bits per heavy atom. The van der Waals surface area contributed by atoms with Crippen molar-refractivity contribution in [3.63, 3.8) is 0 Å². The second-order valence-corrected chi connectivity index (χ2v) is 5.57. The number of benzene rings is 4. The molecule has 4 rings (SSSR count). The molecule has 0 aliphatic carbocycles. The Hall–Kier alpha value is -2.07. The van der Waals surface area contributed by atoms with Crippen LogP contribution in [-0.4, -0.2) is 0 Å². The molecule has 0 N–H and O–H groups in total. The molecule has 5 heteroatoms. The third-order valence-corrected chi connectivity index (χ3v) is 3.54. The summed E-state index contributed by atoms with van der Waals surface area (Å²) in [5.41, 5.74) is 3.98. The summed E-state index contributed by atoms with van der Waals surface area (Å²) in [4.78, 5) is 0. The molecule has 4 aromatic rings. The van der Waals surface area contributed by atoms with E-state index in [4.69, 9.17) is 0 Å². The number of rotatable bonds is 4. The average Bonchev–Trinajstić information content (AvgIpc) is 2.72. The number of para-hydroxylation sites is 4. The quantitative estimate of drug-likeness (QED) is 0.328. The fourth-order valence-electron chi connectivity index (χ4n) is 2.31. The first-order chi connectivity index (χ1) is 12.9. The van der Waals surface area contributed by atoms with E-state index in [2.05, 4.69) is 10.6 Å². The summed E-state index contributed by atoms with van der Waals surface area (Å²) >= 11 is 0. The second kappa shape index (κ2) is 15.8. The molecule has 0 fully saturated rings. The van der Waals surface area contributed by atoms with Gasteiger partial charge in [0.15, 0.2) is 0 Å². The molecule has 0 heterocycles. The van der Waals surface area contributed by atoms with E-state index < -0.39 is 0 Å². The van der Waals surface area contributed by atoms with E-state index in [9.17, 15) is 0 Å². The van der Waals surface area contributed by atoms with Gasteiger partial charge in [0.2, 0.25) is 0 Å². The van der Waals surface area contributed by atoms with Gasteiger partial charge >= 0.3 is 25.8 Å². The van der Waals surface area contributed by atoms with Gasteiger partial charge in [-0.25, -0.2) is 0 Å². The van der Waals surface area contributed by atoms with Gasteiger partial charge in [0.1, 0.15) is 0 Å². The summed E-state index contributed by atoms with van der Waals surface area (Å²) in [5.74, 6) is 0. The molecule has 0 unspecified atom stereocenters. The van der Waals surface area contributed by atoms with Gasteiger partial charge in [-0.05, 0) is 0 Å². The normalized spacial score (nSPS) is 8.55. The van der Waals surface area contributed by atoms with Gasteiger partial charge in [-0.1, -0.05) is 121 Å². The molecular formula is C24H20Cl2HfN2. The summed E-state index contributed by atoms with van der Waals surface area (Å²) in [5, 5.41) is 8.88. The summed E-state index contributed by atoms with van der Waals surface area (Å²) in [6, 6.07) is 39.8. The molecule has 0 amide bonds. The molecule has 4 aromatic carbocycles. The maximum absolute atomic E-state index is 4.44. The van der Waals surface area contributed by atoms with Crippen LogP contribution < -0.4 is 24.8 Å². The fraction of sp³-hybridized carbons (Fsp3) is 0. The molecule has 144 valence electrons. The van der Waals surface area contributed by atoms with Crippen LogP contribution >= 0.6 is 0 Å². The van der Waals surface area contributed by atoms with Gasteiger partial charge in [0.05, 0.1) is 0 Å². The molecule has 0 aliphatic heterocycles. The molecule has 2 nitrogen and oxygen atoms in total. The third-order valence-electron chi connectivity index (χ3n) is 3.54. The Kier molecular flexibility index (Phi) is 14.7. The van der Waals surface area contributed by atoms with Crippen LogP contribution in [0.1, 0.15) is 0 Å². The van der Waals surface area contributed by atoms with Crippen LogP contribution in [-0.2, 0) is 25.8 Å². The summed E-state index contributed by atoms with van der Waals surface area (Å²) in [7, 11) is 0. The molecule has 0 saturated heterocycles. The van der Waals surface area contributed by atoms with E-state index in [1.807, 2.05) is 121 Å². The van der Waals surface area contributed by atoms with Crippen LogP contribution in [0.5, 0.6) is 0 Å². The molecule has 0 spiro atoms. The van der Waals surface area contributed by atoms with Crippen molar-refractivity contribution in [2.45, 2.75) is 0 Å². The van der Waals surface area contributed by atoms with Gasteiger partial charge in [0.25, 0.3) is 0 Å². The summed E-state index contributed by atoms with van der Waals surface area (Å²) < 4.78 is 0. The minimum atomic E-state index is 0. The minimum absolute atomic E-state index is 0. The second-order valence-electron chi connectivity index (χ2n) is 5.57. The van der Waals surface area contributed by atoms with Gasteiger partial charge < -0.3 is 35.4 Å². The maximum atomic E-state index is 4.44. The molecule has 29 heavy (non-hydrogen) atoms. The largest absolute Gasteiger partial charge is 4.00 e. The van der Waals surface area contributed by atoms with Crippen molar-refractivity contribution in [3.8, 4) is 0 Å². The van der Waals surface area contributed by atoms with Crippen LogP contribution in [0.2, 0.25) is 0 Å². The monoisotopic (exact) mass is 586 g/mol. The Bertz CT molecular complexity index is 725. The number of halogens is 2. The van der Waals surface area contributed by atoms with Crippen molar-refractivity contribution in [1.29, 1.82) is 0 Å². The first-order valence-corrected chi connectivity index (χ1v) is 8.54. The van der Waals surface area contributed by atoms with Crippen molar-refractivity contribution in [3.05, 3.63) is 132 Å². The standard InChI is InChI=1S/2C12H10N.2ClH.Hf/c2*1-3-7-11(8-4-1)13-12-9-5-2-6-10-12;;;/h2*1-10H;2*1H;/q2*-1;;;+4/p-2. The van der Waals surface area contributed by atoms with E-state index >= 15 is 0 Å². The first-order valence-electron chi connectivity index (χ1n) is 8.54. The number of hydrogen-bond donors (Lipinski definition) is 0. The third kappa shape index (κ3) is 10.3. The van der Waals surface area contributed by atoms with E-state index in [-0.39, 0.29) is 50.7 Å². The molecular weight excluding hydrogens is 566 g/mol. The van der Waals surface area contributed by atoms with Crippen LogP contribution in [0.4, 0.5) is 22.7 Å². The zero-order chi connectivity index (χ0) is 17.9. The van der Waals surface area contributed by atoms with Crippen LogP contribution in [0.3, 0.4) is 0 Å². The fourth-order valence-corrected chi connectivity index (χ4v) is 2.31. The smallest absolute Gasteiger partial charge is 1.00 e. The van der Waals surface area contributed by atoms with E-state index in [0.29, 0.717) is 0 Å². The van der Waals surface area contributed by atoms with Gasteiger partial charge in [-0.15, -0.1) is 22.7 Å². The predicted octanol–water partition coefficient (Wildman–Crippen LogP) is 2.05. The molecule has 0 aromatic heterocycles. The van der Waals surface area contributed by atoms with Gasteiger partial charge in [-0.3, -0.25) is 0 Å². The Morgan fingerprint density at radius 2 is 0.483 bits per heavy atom. The van der Waals surface area contributed by atoms with Crippen LogP contribution in [0.15, 0.2) is 121 Å². The minimum Gasteiger partial charge on any atom is -1.00 e. The van der Waals surface area contributed by atoms with Gasteiger partial charge in [-0.2, -0.15) is 0 Å². The molecule has 0 saturated carbocycles. The predicted molar refractivity (Wildman–Crippen MR) is 111 cm³/mol. The van der Waals surface area contributed by atoms with E-state index in [1.54, 1.807) is 0 Å². The number of nitrogens with zero attached hydrogens (tertiary/aromatic N) is 2. The molecule has 0 aliphatic rings. The summed E-state index contributed by atoms with van der Waals surface area (Å²) in [6.45, 7) is 0. The first kappa shape index (κ1) is 26.9.